The number of nitrogens with zero attached hydrogens (tertiary/aromatic N) is 2. The number of Topliss-reactive ketones (excluding diaryl/α,β-unsaturated/α-hetero) is 1. The number of methoxy groups -OCH3 is 1. The molecule has 1 amide bonds. The van der Waals surface area contributed by atoms with Crippen LogP contribution in [0.2, 0.25) is 0 Å². The molecule has 1 aromatic heterocycles. The molecule has 2 heterocycles. The van der Waals surface area contributed by atoms with Crippen molar-refractivity contribution < 1.29 is 28.7 Å². The van der Waals surface area contributed by atoms with Crippen molar-refractivity contribution in [1.82, 2.24) is 5.16 Å². The highest BCUT2D eigenvalue weighted by Crippen LogP contribution is 2.42. The summed E-state index contributed by atoms with van der Waals surface area (Å²) in [6, 6.07) is 14.3. The van der Waals surface area contributed by atoms with Crippen molar-refractivity contribution in [2.75, 3.05) is 18.6 Å². The number of ketones is 1. The maximum Gasteiger partial charge on any atom is 0.301 e. The number of aliphatic hydroxyl groups excluding tert-OH is 1. The number of aryl methyl sites for hydroxylation is 1. The summed E-state index contributed by atoms with van der Waals surface area (Å²) < 4.78 is 15.8. The molecule has 0 saturated carbocycles. The van der Waals surface area contributed by atoms with E-state index in [0.29, 0.717) is 35.0 Å². The van der Waals surface area contributed by atoms with Crippen LogP contribution in [0, 0.1) is 6.92 Å². The number of ether oxygens (including phenoxy) is 2. The number of anilines is 1. The maximum absolute atomic E-state index is 13.1. The van der Waals surface area contributed by atoms with Crippen LogP contribution in [-0.2, 0) is 9.59 Å². The van der Waals surface area contributed by atoms with E-state index < -0.39 is 17.7 Å². The minimum absolute atomic E-state index is 0.0371. The molecule has 1 atom stereocenters. The second-order valence-electron chi connectivity index (χ2n) is 7.20. The number of hydrogen-bond acceptors (Lipinski definition) is 7. The first-order chi connectivity index (χ1) is 15.4. The Morgan fingerprint density at radius 2 is 1.75 bits per heavy atom. The van der Waals surface area contributed by atoms with Gasteiger partial charge in [0.15, 0.2) is 5.82 Å². The number of carbonyl (C=O) groups is 2. The van der Waals surface area contributed by atoms with Crippen molar-refractivity contribution >= 4 is 23.3 Å². The van der Waals surface area contributed by atoms with E-state index in [-0.39, 0.29) is 17.2 Å². The van der Waals surface area contributed by atoms with Gasteiger partial charge in [0.05, 0.1) is 25.3 Å². The summed E-state index contributed by atoms with van der Waals surface area (Å²) in [4.78, 5) is 27.3. The molecule has 1 aliphatic rings. The van der Waals surface area contributed by atoms with E-state index in [9.17, 15) is 14.7 Å². The third-order valence-corrected chi connectivity index (χ3v) is 5.18. The fraction of sp³-hybridized carbons (Fsp3) is 0.208. The van der Waals surface area contributed by atoms with Crippen molar-refractivity contribution in [3.63, 3.8) is 0 Å². The van der Waals surface area contributed by atoms with Gasteiger partial charge in [0, 0.05) is 11.6 Å². The molecule has 1 N–H and O–H groups in total. The fourth-order valence-corrected chi connectivity index (χ4v) is 3.67. The van der Waals surface area contributed by atoms with Crippen LogP contribution < -0.4 is 14.4 Å². The smallest absolute Gasteiger partial charge is 0.301 e. The second-order valence-corrected chi connectivity index (χ2v) is 7.20. The molecule has 4 rings (SSSR count). The van der Waals surface area contributed by atoms with E-state index in [4.69, 9.17) is 14.0 Å². The van der Waals surface area contributed by atoms with Crippen LogP contribution in [-0.4, -0.2) is 35.7 Å². The van der Waals surface area contributed by atoms with Gasteiger partial charge in [0.1, 0.15) is 23.0 Å². The average molecular weight is 434 g/mol. The van der Waals surface area contributed by atoms with Gasteiger partial charge in [-0.05, 0) is 55.8 Å². The monoisotopic (exact) mass is 434 g/mol. The van der Waals surface area contributed by atoms with E-state index in [1.807, 2.05) is 6.92 Å². The largest absolute Gasteiger partial charge is 0.507 e. The SMILES string of the molecule is CCOc1ccc(/C(O)=C2/C(=O)C(=O)N(c3cc(C)on3)C2c2ccc(OC)cc2)cc1. The number of carbonyl (C=O) groups excluding carboxylic acids is 2. The Bertz CT molecular complexity index is 1180. The molecule has 1 saturated heterocycles. The summed E-state index contributed by atoms with van der Waals surface area (Å²) >= 11 is 0. The summed E-state index contributed by atoms with van der Waals surface area (Å²) in [5.74, 6) is 0.0428. The Balaban J connectivity index is 1.86. The minimum Gasteiger partial charge on any atom is -0.507 e. The van der Waals surface area contributed by atoms with Gasteiger partial charge in [-0.2, -0.15) is 0 Å². The molecule has 32 heavy (non-hydrogen) atoms. The molecule has 1 aliphatic heterocycles. The van der Waals surface area contributed by atoms with Crippen LogP contribution in [0.3, 0.4) is 0 Å². The minimum atomic E-state index is -0.892. The number of aromatic nitrogens is 1. The van der Waals surface area contributed by atoms with Gasteiger partial charge < -0.3 is 19.1 Å². The fourth-order valence-electron chi connectivity index (χ4n) is 3.67. The van der Waals surface area contributed by atoms with E-state index >= 15 is 0 Å². The van der Waals surface area contributed by atoms with Crippen molar-refractivity contribution in [1.29, 1.82) is 0 Å². The zero-order valence-corrected chi connectivity index (χ0v) is 17.9. The van der Waals surface area contributed by atoms with Crippen molar-refractivity contribution in [2.24, 2.45) is 0 Å². The van der Waals surface area contributed by atoms with Gasteiger partial charge in [-0.3, -0.25) is 14.5 Å². The highest BCUT2D eigenvalue weighted by atomic mass is 16.5. The first kappa shape index (κ1) is 21.2. The predicted molar refractivity (Wildman–Crippen MR) is 117 cm³/mol. The summed E-state index contributed by atoms with van der Waals surface area (Å²) in [7, 11) is 1.55. The molecule has 1 fully saturated rings. The lowest BCUT2D eigenvalue weighted by Gasteiger charge is -2.23. The Labute approximate surface area is 184 Å². The maximum atomic E-state index is 13.1. The first-order valence-electron chi connectivity index (χ1n) is 10.1. The van der Waals surface area contributed by atoms with Crippen molar-refractivity contribution in [3.05, 3.63) is 77.1 Å². The molecule has 0 radical (unpaired) electrons. The molecule has 0 spiro atoms. The summed E-state index contributed by atoms with van der Waals surface area (Å²) in [6.45, 7) is 4.07. The summed E-state index contributed by atoms with van der Waals surface area (Å²) in [5, 5.41) is 15.0. The topological polar surface area (TPSA) is 102 Å². The third kappa shape index (κ3) is 3.71. The number of rotatable bonds is 6. The second kappa shape index (κ2) is 8.58. The van der Waals surface area contributed by atoms with Gasteiger partial charge >= 0.3 is 5.91 Å². The molecule has 164 valence electrons. The normalized spacial score (nSPS) is 17.6. The zero-order valence-electron chi connectivity index (χ0n) is 17.9. The molecular weight excluding hydrogens is 412 g/mol. The molecule has 2 aromatic carbocycles. The lowest BCUT2D eigenvalue weighted by Crippen LogP contribution is -2.29. The Morgan fingerprint density at radius 3 is 2.31 bits per heavy atom. The van der Waals surface area contributed by atoms with Gasteiger partial charge in [0.25, 0.3) is 5.78 Å². The Morgan fingerprint density at radius 1 is 1.09 bits per heavy atom. The number of amides is 1. The van der Waals surface area contributed by atoms with E-state index in [1.165, 1.54) is 4.90 Å². The van der Waals surface area contributed by atoms with Gasteiger partial charge in [-0.25, -0.2) is 0 Å². The lowest BCUT2D eigenvalue weighted by atomic mass is 9.95. The highest BCUT2D eigenvalue weighted by Gasteiger charge is 2.48. The van der Waals surface area contributed by atoms with Crippen LogP contribution in [0.5, 0.6) is 11.5 Å². The van der Waals surface area contributed by atoms with E-state index in [2.05, 4.69) is 5.16 Å². The molecule has 1 unspecified atom stereocenters. The van der Waals surface area contributed by atoms with E-state index in [1.54, 1.807) is 68.6 Å². The van der Waals surface area contributed by atoms with Crippen LogP contribution in [0.1, 0.15) is 29.9 Å². The van der Waals surface area contributed by atoms with Crippen LogP contribution in [0.25, 0.3) is 5.76 Å². The van der Waals surface area contributed by atoms with E-state index in [0.717, 1.165) is 0 Å². The van der Waals surface area contributed by atoms with Crippen LogP contribution in [0.4, 0.5) is 5.82 Å². The van der Waals surface area contributed by atoms with Crippen molar-refractivity contribution in [2.45, 2.75) is 19.9 Å². The standard InChI is InChI=1S/C24H22N2O6/c1-4-31-18-11-7-16(8-12-18)22(27)20-21(15-5-9-17(30-3)10-6-15)26(24(29)23(20)28)19-13-14(2)32-25-19/h5-13,21,27H,4H2,1-3H3/b22-20-. The number of hydrogen-bond donors (Lipinski definition) is 1. The highest BCUT2D eigenvalue weighted by molar-refractivity contribution is 6.51. The summed E-state index contributed by atoms with van der Waals surface area (Å²) in [6.07, 6.45) is 0. The quantitative estimate of drug-likeness (QED) is 0.355. The molecule has 3 aromatic rings. The molecule has 0 bridgehead atoms. The Hall–Kier alpha value is -4.07. The molecule has 8 nitrogen and oxygen atoms in total. The first-order valence-corrected chi connectivity index (χ1v) is 10.1. The molecule has 0 aliphatic carbocycles. The Kier molecular flexibility index (Phi) is 5.68. The third-order valence-electron chi connectivity index (χ3n) is 5.18. The van der Waals surface area contributed by atoms with Crippen LogP contribution >= 0.6 is 0 Å². The number of benzene rings is 2. The van der Waals surface area contributed by atoms with Crippen LogP contribution in [0.15, 0.2) is 64.7 Å². The lowest BCUT2D eigenvalue weighted by molar-refractivity contribution is -0.132. The summed E-state index contributed by atoms with van der Waals surface area (Å²) in [5.41, 5.74) is 0.962. The average Bonchev–Trinajstić information content (AvgIpc) is 3.34. The zero-order chi connectivity index (χ0) is 22.8. The van der Waals surface area contributed by atoms with Gasteiger partial charge in [-0.15, -0.1) is 0 Å². The van der Waals surface area contributed by atoms with Gasteiger partial charge in [-0.1, -0.05) is 17.3 Å². The molecule has 8 heteroatoms. The van der Waals surface area contributed by atoms with Crippen molar-refractivity contribution in [3.8, 4) is 11.5 Å². The predicted octanol–water partition coefficient (Wildman–Crippen LogP) is 4.02. The van der Waals surface area contributed by atoms with Gasteiger partial charge in [0.2, 0.25) is 0 Å². The molecular formula is C24H22N2O6. The number of aliphatic hydroxyl groups is 1.